The van der Waals surface area contributed by atoms with Crippen LogP contribution in [-0.4, -0.2) is 18.5 Å². The largest absolute Gasteiger partial charge is 0.492 e. The first-order valence-corrected chi connectivity index (χ1v) is 5.98. The Balaban J connectivity index is 2.20. The molecule has 1 aromatic carbocycles. The van der Waals surface area contributed by atoms with Crippen molar-refractivity contribution in [3.63, 3.8) is 0 Å². The molecular weight excluding hydrogens is 288 g/mol. The van der Waals surface area contributed by atoms with E-state index in [1.165, 1.54) is 0 Å². The average molecular weight is 297 g/mol. The van der Waals surface area contributed by atoms with Crippen LogP contribution in [0.3, 0.4) is 0 Å². The fourth-order valence-corrected chi connectivity index (χ4v) is 2.77. The molecule has 0 bridgehead atoms. The van der Waals surface area contributed by atoms with Gasteiger partial charge in [0.15, 0.2) is 5.54 Å². The first-order chi connectivity index (χ1) is 8.13. The van der Waals surface area contributed by atoms with Crippen LogP contribution in [0.5, 0.6) is 5.75 Å². The van der Waals surface area contributed by atoms with Gasteiger partial charge in [0.1, 0.15) is 5.75 Å². The molecule has 2 N–H and O–H groups in total. The maximum atomic E-state index is 12.0. The molecule has 0 aromatic heterocycles. The molecule has 2 heterocycles. The van der Waals surface area contributed by atoms with Crippen molar-refractivity contribution >= 4 is 27.9 Å². The average Bonchev–Trinajstić information content (AvgIpc) is 2.56. The Kier molecular flexibility index (Phi) is 2.16. The van der Waals surface area contributed by atoms with E-state index in [0.717, 1.165) is 4.47 Å². The number of benzene rings is 1. The fourth-order valence-electron chi connectivity index (χ4n) is 2.29. The van der Waals surface area contributed by atoms with Crippen molar-refractivity contribution in [2.24, 2.45) is 0 Å². The maximum Gasteiger partial charge on any atom is 0.322 e. The molecule has 3 rings (SSSR count). The highest BCUT2D eigenvalue weighted by Gasteiger charge is 2.51. The quantitative estimate of drug-likeness (QED) is 0.709. The second-order valence-electron chi connectivity index (χ2n) is 4.03. The molecule has 1 saturated heterocycles. The number of rotatable bonds is 0. The van der Waals surface area contributed by atoms with E-state index < -0.39 is 11.6 Å². The predicted octanol–water partition coefficient (Wildman–Crippen LogP) is 1.27. The van der Waals surface area contributed by atoms with Crippen LogP contribution in [0.25, 0.3) is 0 Å². The Morgan fingerprint density at radius 3 is 2.88 bits per heavy atom. The number of nitrogens with one attached hydrogen (secondary N) is 2. The van der Waals surface area contributed by atoms with Gasteiger partial charge in [0.05, 0.1) is 11.1 Å². The van der Waals surface area contributed by atoms with Gasteiger partial charge in [0, 0.05) is 12.0 Å². The van der Waals surface area contributed by atoms with Crippen LogP contribution in [0.1, 0.15) is 12.0 Å². The van der Waals surface area contributed by atoms with Crippen LogP contribution in [0, 0.1) is 0 Å². The predicted molar refractivity (Wildman–Crippen MR) is 62.6 cm³/mol. The molecule has 1 spiro atoms. The van der Waals surface area contributed by atoms with Gasteiger partial charge in [0.2, 0.25) is 0 Å². The van der Waals surface area contributed by atoms with E-state index in [2.05, 4.69) is 26.6 Å². The third kappa shape index (κ3) is 1.37. The first kappa shape index (κ1) is 10.6. The molecular formula is C11H9BrN2O3. The Bertz CT molecular complexity index is 531. The van der Waals surface area contributed by atoms with E-state index in [1.54, 1.807) is 6.07 Å². The van der Waals surface area contributed by atoms with Gasteiger partial charge >= 0.3 is 6.03 Å². The summed E-state index contributed by atoms with van der Waals surface area (Å²) in [6.07, 6.45) is 0.439. The number of carbonyl (C=O) groups is 2. The smallest absolute Gasteiger partial charge is 0.322 e. The van der Waals surface area contributed by atoms with Crippen LogP contribution in [0.2, 0.25) is 0 Å². The number of imide groups is 1. The van der Waals surface area contributed by atoms with E-state index >= 15 is 0 Å². The third-order valence-corrected chi connectivity index (χ3v) is 3.72. The lowest BCUT2D eigenvalue weighted by Gasteiger charge is -2.33. The van der Waals surface area contributed by atoms with Crippen LogP contribution in [0.4, 0.5) is 4.79 Å². The Morgan fingerprint density at radius 2 is 2.18 bits per heavy atom. The molecule has 1 aromatic rings. The molecule has 0 radical (unpaired) electrons. The summed E-state index contributed by atoms with van der Waals surface area (Å²) in [5, 5.41) is 4.98. The topological polar surface area (TPSA) is 67.4 Å². The van der Waals surface area contributed by atoms with Gasteiger partial charge in [-0.05, 0) is 22.0 Å². The molecule has 5 nitrogen and oxygen atoms in total. The molecule has 2 aliphatic rings. The molecule has 1 fully saturated rings. The molecule has 17 heavy (non-hydrogen) atoms. The zero-order valence-corrected chi connectivity index (χ0v) is 10.3. The number of amides is 3. The lowest BCUT2D eigenvalue weighted by atomic mass is 9.85. The zero-order valence-electron chi connectivity index (χ0n) is 8.75. The lowest BCUT2D eigenvalue weighted by molar-refractivity contribution is -0.125. The number of para-hydroxylation sites is 1. The summed E-state index contributed by atoms with van der Waals surface area (Å²) in [6.45, 7) is 0.392. The molecule has 6 heteroatoms. The van der Waals surface area contributed by atoms with Crippen molar-refractivity contribution in [3.8, 4) is 5.75 Å². The third-order valence-electron chi connectivity index (χ3n) is 3.09. The minimum absolute atomic E-state index is 0.315. The van der Waals surface area contributed by atoms with Gasteiger partial charge in [-0.3, -0.25) is 10.1 Å². The van der Waals surface area contributed by atoms with E-state index in [-0.39, 0.29) is 5.91 Å². The van der Waals surface area contributed by atoms with Crippen molar-refractivity contribution in [1.29, 1.82) is 0 Å². The number of hydrogen-bond donors (Lipinski definition) is 2. The summed E-state index contributed by atoms with van der Waals surface area (Å²) in [7, 11) is 0. The number of ether oxygens (including phenoxy) is 1. The Labute approximate surface area is 106 Å². The monoisotopic (exact) mass is 296 g/mol. The van der Waals surface area contributed by atoms with Gasteiger partial charge in [0.25, 0.3) is 5.91 Å². The van der Waals surface area contributed by atoms with E-state index in [1.807, 2.05) is 12.1 Å². The Morgan fingerprint density at radius 1 is 1.35 bits per heavy atom. The highest BCUT2D eigenvalue weighted by Crippen LogP contribution is 2.42. The minimum atomic E-state index is -0.978. The number of urea groups is 1. The molecule has 2 aliphatic heterocycles. The number of fused-ring (bicyclic) bond motifs is 2. The summed E-state index contributed by atoms with van der Waals surface area (Å²) in [4.78, 5) is 23.3. The van der Waals surface area contributed by atoms with E-state index in [4.69, 9.17) is 4.74 Å². The van der Waals surface area contributed by atoms with Gasteiger partial charge in [-0.15, -0.1) is 0 Å². The molecule has 3 amide bonds. The number of halogens is 1. The second kappa shape index (κ2) is 3.46. The SMILES string of the molecule is O=C1NC(=O)C2(CCOc3c(Br)cccc32)N1. The van der Waals surface area contributed by atoms with Crippen molar-refractivity contribution in [1.82, 2.24) is 10.6 Å². The zero-order chi connectivity index (χ0) is 12.0. The van der Waals surface area contributed by atoms with Gasteiger partial charge in [-0.1, -0.05) is 12.1 Å². The molecule has 0 saturated carbocycles. The van der Waals surface area contributed by atoms with Gasteiger partial charge in [-0.25, -0.2) is 4.79 Å². The van der Waals surface area contributed by atoms with Crippen LogP contribution in [0.15, 0.2) is 22.7 Å². The van der Waals surface area contributed by atoms with Gasteiger partial charge in [-0.2, -0.15) is 0 Å². The van der Waals surface area contributed by atoms with E-state index in [9.17, 15) is 9.59 Å². The van der Waals surface area contributed by atoms with E-state index in [0.29, 0.717) is 24.3 Å². The molecule has 88 valence electrons. The summed E-state index contributed by atoms with van der Waals surface area (Å²) in [6, 6.07) is 5.00. The van der Waals surface area contributed by atoms with Crippen molar-refractivity contribution in [2.75, 3.05) is 6.61 Å². The van der Waals surface area contributed by atoms with Crippen molar-refractivity contribution < 1.29 is 14.3 Å². The van der Waals surface area contributed by atoms with Crippen LogP contribution < -0.4 is 15.4 Å². The fraction of sp³-hybridized carbons (Fsp3) is 0.273. The molecule has 0 aliphatic carbocycles. The highest BCUT2D eigenvalue weighted by molar-refractivity contribution is 9.10. The number of hydrogen-bond acceptors (Lipinski definition) is 3. The number of carbonyl (C=O) groups excluding carboxylic acids is 2. The van der Waals surface area contributed by atoms with Crippen molar-refractivity contribution in [3.05, 3.63) is 28.2 Å². The van der Waals surface area contributed by atoms with Gasteiger partial charge < -0.3 is 10.1 Å². The van der Waals surface area contributed by atoms with Crippen LogP contribution >= 0.6 is 15.9 Å². The normalized spacial score (nSPS) is 26.2. The Hall–Kier alpha value is -1.56. The highest BCUT2D eigenvalue weighted by atomic mass is 79.9. The summed E-state index contributed by atoms with van der Waals surface area (Å²) in [5.74, 6) is 0.307. The minimum Gasteiger partial charge on any atom is -0.492 e. The standard InChI is InChI=1S/C11H9BrN2O3/c12-7-3-1-2-6-8(7)17-5-4-11(6)9(15)13-10(16)14-11/h1-3H,4-5H2,(H2,13,14,15,16). The lowest BCUT2D eigenvalue weighted by Crippen LogP contribution is -2.47. The summed E-state index contributed by atoms with van der Waals surface area (Å²) in [5.41, 5.74) is -0.282. The summed E-state index contributed by atoms with van der Waals surface area (Å²) >= 11 is 3.38. The molecule has 1 atom stereocenters. The first-order valence-electron chi connectivity index (χ1n) is 5.19. The summed E-state index contributed by atoms with van der Waals surface area (Å²) < 4.78 is 6.33. The second-order valence-corrected chi connectivity index (χ2v) is 4.88. The maximum absolute atomic E-state index is 12.0. The van der Waals surface area contributed by atoms with Crippen LogP contribution in [-0.2, 0) is 10.3 Å². The molecule has 1 unspecified atom stereocenters. The van der Waals surface area contributed by atoms with Crippen molar-refractivity contribution in [2.45, 2.75) is 12.0 Å².